The maximum atomic E-state index is 6.23. The normalized spacial score (nSPS) is 11.4. The molecule has 0 atom stereocenters. The molecule has 1 rings (SSSR count). The second kappa shape index (κ2) is 9.70. The summed E-state index contributed by atoms with van der Waals surface area (Å²) in [5, 5.41) is 1.82. The number of nitrogens with zero attached hydrogens (tertiary/aromatic N) is 1. The lowest BCUT2D eigenvalue weighted by Gasteiger charge is -2.22. The fourth-order valence-electron chi connectivity index (χ4n) is 2.30. The van der Waals surface area contributed by atoms with Crippen LogP contribution in [0.4, 0.5) is 0 Å². The zero-order chi connectivity index (χ0) is 15.8. The largest absolute Gasteiger partial charge is 0.492 e. The Kier molecular flexibility index (Phi) is 8.69. The van der Waals surface area contributed by atoms with E-state index in [1.807, 2.05) is 13.0 Å². The topological polar surface area (TPSA) is 12.5 Å². The van der Waals surface area contributed by atoms with Crippen molar-refractivity contribution in [1.29, 1.82) is 0 Å². The number of benzene rings is 1. The van der Waals surface area contributed by atoms with Gasteiger partial charge in [0.05, 0.1) is 0 Å². The Morgan fingerprint density at radius 3 is 2.52 bits per heavy atom. The van der Waals surface area contributed by atoms with Gasteiger partial charge in [0.1, 0.15) is 12.4 Å². The summed E-state index contributed by atoms with van der Waals surface area (Å²) in [6.07, 6.45) is 1.17. The molecule has 1 aromatic rings. The number of ether oxygens (including phenoxy) is 1. The van der Waals surface area contributed by atoms with Crippen LogP contribution in [0.2, 0.25) is 5.02 Å². The second-order valence-electron chi connectivity index (χ2n) is 5.67. The van der Waals surface area contributed by atoms with Gasteiger partial charge in [0.25, 0.3) is 0 Å². The number of alkyl halides is 1. The fourth-order valence-corrected chi connectivity index (χ4v) is 2.98. The molecular weight excluding hydrogens is 350 g/mol. The van der Waals surface area contributed by atoms with Crippen molar-refractivity contribution in [3.05, 3.63) is 28.3 Å². The van der Waals surface area contributed by atoms with E-state index in [1.165, 1.54) is 12.0 Å². The monoisotopic (exact) mass is 375 g/mol. The van der Waals surface area contributed by atoms with Crippen molar-refractivity contribution >= 4 is 27.5 Å². The summed E-state index contributed by atoms with van der Waals surface area (Å²) >= 11 is 9.74. The number of aryl methyl sites for hydroxylation is 1. The number of rotatable bonds is 9. The first-order valence-corrected chi connectivity index (χ1v) is 9.20. The minimum atomic E-state index is 0.410. The molecule has 0 aromatic heterocycles. The Morgan fingerprint density at radius 2 is 1.95 bits per heavy atom. The SMILES string of the molecule is CCCN(CCBr)CCOc1cc(C)c(Cl)cc1C(C)C. The molecule has 0 N–H and O–H groups in total. The van der Waals surface area contributed by atoms with Gasteiger partial charge in [0, 0.05) is 23.4 Å². The van der Waals surface area contributed by atoms with Crippen molar-refractivity contribution < 1.29 is 4.74 Å². The Balaban J connectivity index is 2.67. The molecule has 0 heterocycles. The third-order valence-electron chi connectivity index (χ3n) is 3.52. The molecule has 2 nitrogen and oxygen atoms in total. The minimum Gasteiger partial charge on any atom is -0.492 e. The summed E-state index contributed by atoms with van der Waals surface area (Å²) in [7, 11) is 0. The Labute approximate surface area is 142 Å². The maximum Gasteiger partial charge on any atom is 0.123 e. The zero-order valence-corrected chi connectivity index (χ0v) is 15.9. The number of hydrogen-bond acceptors (Lipinski definition) is 2. The lowest BCUT2D eigenvalue weighted by atomic mass is 10.0. The molecule has 1 aromatic carbocycles. The molecule has 0 fully saturated rings. The highest BCUT2D eigenvalue weighted by Gasteiger charge is 2.11. The Bertz CT molecular complexity index is 431. The average molecular weight is 377 g/mol. The van der Waals surface area contributed by atoms with Crippen LogP contribution in [0.15, 0.2) is 12.1 Å². The summed E-state index contributed by atoms with van der Waals surface area (Å²) in [6, 6.07) is 4.10. The van der Waals surface area contributed by atoms with Crippen LogP contribution in [0.1, 0.15) is 44.2 Å². The molecule has 120 valence electrons. The van der Waals surface area contributed by atoms with Crippen molar-refractivity contribution in [3.63, 3.8) is 0 Å². The van der Waals surface area contributed by atoms with Gasteiger partial charge in [0.2, 0.25) is 0 Å². The van der Waals surface area contributed by atoms with E-state index in [9.17, 15) is 0 Å². The summed E-state index contributed by atoms with van der Waals surface area (Å²) in [4.78, 5) is 2.42. The predicted molar refractivity (Wildman–Crippen MR) is 96.3 cm³/mol. The van der Waals surface area contributed by atoms with Gasteiger partial charge < -0.3 is 4.74 Å². The van der Waals surface area contributed by atoms with Gasteiger partial charge in [-0.15, -0.1) is 0 Å². The van der Waals surface area contributed by atoms with Gasteiger partial charge in [-0.1, -0.05) is 48.3 Å². The number of hydrogen-bond donors (Lipinski definition) is 0. The van der Waals surface area contributed by atoms with Crippen molar-refractivity contribution in [2.45, 2.75) is 40.0 Å². The van der Waals surface area contributed by atoms with Crippen LogP contribution in [0.5, 0.6) is 5.75 Å². The highest BCUT2D eigenvalue weighted by atomic mass is 79.9. The molecule has 4 heteroatoms. The first kappa shape index (κ1) is 18.8. The maximum absolute atomic E-state index is 6.23. The van der Waals surface area contributed by atoms with Crippen molar-refractivity contribution in [2.75, 3.05) is 31.6 Å². The minimum absolute atomic E-state index is 0.410. The van der Waals surface area contributed by atoms with E-state index in [0.717, 1.165) is 41.3 Å². The van der Waals surface area contributed by atoms with E-state index < -0.39 is 0 Å². The van der Waals surface area contributed by atoms with E-state index in [0.29, 0.717) is 12.5 Å². The fraction of sp³-hybridized carbons (Fsp3) is 0.647. The summed E-state index contributed by atoms with van der Waals surface area (Å²) in [5.41, 5.74) is 2.26. The van der Waals surface area contributed by atoms with E-state index in [-0.39, 0.29) is 0 Å². The molecule has 0 saturated carbocycles. The van der Waals surface area contributed by atoms with E-state index >= 15 is 0 Å². The summed E-state index contributed by atoms with van der Waals surface area (Å²) < 4.78 is 6.04. The van der Waals surface area contributed by atoms with Gasteiger partial charge >= 0.3 is 0 Å². The van der Waals surface area contributed by atoms with Crippen LogP contribution in [0.3, 0.4) is 0 Å². The van der Waals surface area contributed by atoms with E-state index in [2.05, 4.69) is 47.7 Å². The molecule has 0 aliphatic carbocycles. The molecule has 0 bridgehead atoms. The molecule has 0 radical (unpaired) electrons. The van der Waals surface area contributed by atoms with Gasteiger partial charge in [-0.2, -0.15) is 0 Å². The molecule has 0 aliphatic heterocycles. The molecule has 0 saturated heterocycles. The Morgan fingerprint density at radius 1 is 1.24 bits per heavy atom. The Hall–Kier alpha value is -0.250. The predicted octanol–water partition coefficient (Wildman–Crippen LogP) is 5.26. The smallest absolute Gasteiger partial charge is 0.123 e. The van der Waals surface area contributed by atoms with Crippen LogP contribution in [0, 0.1) is 6.92 Å². The second-order valence-corrected chi connectivity index (χ2v) is 6.87. The van der Waals surface area contributed by atoms with Crippen molar-refractivity contribution in [1.82, 2.24) is 4.90 Å². The van der Waals surface area contributed by atoms with Crippen molar-refractivity contribution in [2.24, 2.45) is 0 Å². The summed E-state index contributed by atoms with van der Waals surface area (Å²) in [5.74, 6) is 1.38. The van der Waals surface area contributed by atoms with Crippen LogP contribution in [-0.4, -0.2) is 36.5 Å². The third kappa shape index (κ3) is 6.17. The van der Waals surface area contributed by atoms with Crippen LogP contribution < -0.4 is 4.74 Å². The zero-order valence-electron chi connectivity index (χ0n) is 13.6. The van der Waals surface area contributed by atoms with Crippen LogP contribution in [-0.2, 0) is 0 Å². The van der Waals surface area contributed by atoms with Crippen molar-refractivity contribution in [3.8, 4) is 5.75 Å². The van der Waals surface area contributed by atoms with Gasteiger partial charge in [-0.3, -0.25) is 4.90 Å². The first-order valence-electron chi connectivity index (χ1n) is 7.70. The quantitative estimate of drug-likeness (QED) is 0.545. The van der Waals surface area contributed by atoms with Crippen LogP contribution >= 0.6 is 27.5 Å². The highest BCUT2D eigenvalue weighted by Crippen LogP contribution is 2.31. The van der Waals surface area contributed by atoms with E-state index in [4.69, 9.17) is 16.3 Å². The number of halogens is 2. The molecule has 21 heavy (non-hydrogen) atoms. The lowest BCUT2D eigenvalue weighted by Crippen LogP contribution is -2.31. The molecular formula is C17H27BrClNO. The first-order chi connectivity index (χ1) is 9.99. The average Bonchev–Trinajstić information content (AvgIpc) is 2.42. The molecule has 0 amide bonds. The highest BCUT2D eigenvalue weighted by molar-refractivity contribution is 9.09. The molecule has 0 unspecified atom stereocenters. The van der Waals surface area contributed by atoms with E-state index in [1.54, 1.807) is 0 Å². The third-order valence-corrected chi connectivity index (χ3v) is 4.28. The van der Waals surface area contributed by atoms with Gasteiger partial charge in [-0.25, -0.2) is 0 Å². The molecule has 0 spiro atoms. The summed E-state index contributed by atoms with van der Waals surface area (Å²) in [6.45, 7) is 12.4. The standard InChI is InChI=1S/C17H27BrClNO/c1-5-7-20(8-6-18)9-10-21-17-11-14(4)16(19)12-15(17)13(2)3/h11-13H,5-10H2,1-4H3. The molecule has 0 aliphatic rings. The van der Waals surface area contributed by atoms with Gasteiger partial charge in [-0.05, 0) is 49.1 Å². The lowest BCUT2D eigenvalue weighted by molar-refractivity contribution is 0.216. The van der Waals surface area contributed by atoms with Gasteiger partial charge in [0.15, 0.2) is 0 Å². The van der Waals surface area contributed by atoms with Crippen LogP contribution in [0.25, 0.3) is 0 Å².